The highest BCUT2D eigenvalue weighted by Crippen LogP contribution is 2.21. The van der Waals surface area contributed by atoms with Gasteiger partial charge in [-0.15, -0.1) is 0 Å². The summed E-state index contributed by atoms with van der Waals surface area (Å²) in [5, 5.41) is 9.15. The van der Waals surface area contributed by atoms with Gasteiger partial charge < -0.3 is 10.8 Å². The van der Waals surface area contributed by atoms with E-state index in [4.69, 9.17) is 10.8 Å². The van der Waals surface area contributed by atoms with E-state index >= 15 is 0 Å². The number of hydrogen-bond acceptors (Lipinski definition) is 2. The smallest absolute Gasteiger partial charge is 0.306 e. The van der Waals surface area contributed by atoms with Crippen molar-refractivity contribution in [3.8, 4) is 0 Å². The van der Waals surface area contributed by atoms with E-state index in [1.54, 1.807) is 0 Å². The molecule has 0 saturated carbocycles. The first kappa shape index (κ1) is 18.7. The third kappa shape index (κ3) is 6.71. The van der Waals surface area contributed by atoms with Crippen molar-refractivity contribution >= 4 is 5.97 Å². The summed E-state index contributed by atoms with van der Waals surface area (Å²) >= 11 is 0. The monoisotopic (exact) mass is 279 g/mol. The molecule has 3 nitrogen and oxygen atoms in total. The summed E-state index contributed by atoms with van der Waals surface area (Å²) in [6.07, 6.45) is 2.38. The lowest BCUT2D eigenvalue weighted by molar-refractivity contribution is -0.143. The standard InChI is InChI=1S/C15H23NO2.C2H6/c1-11-3-6-13(7-4-11)8-5-12(2)14(9-10-16)15(17)18;1-2/h3-4,6-7,12,14H,5,8-10,16H2,1-2H3,(H,17,18);1-2H3. The van der Waals surface area contributed by atoms with Crippen LogP contribution in [0, 0.1) is 18.8 Å². The van der Waals surface area contributed by atoms with E-state index in [9.17, 15) is 4.79 Å². The molecule has 0 aliphatic carbocycles. The maximum absolute atomic E-state index is 11.1. The predicted octanol–water partition coefficient (Wildman–Crippen LogP) is 3.64. The molecule has 3 heteroatoms. The minimum atomic E-state index is -0.725. The van der Waals surface area contributed by atoms with Gasteiger partial charge in [-0.1, -0.05) is 50.6 Å². The van der Waals surface area contributed by atoms with E-state index in [-0.39, 0.29) is 11.8 Å². The van der Waals surface area contributed by atoms with E-state index in [2.05, 4.69) is 31.2 Å². The van der Waals surface area contributed by atoms with Crippen molar-refractivity contribution in [1.29, 1.82) is 0 Å². The van der Waals surface area contributed by atoms with E-state index in [0.717, 1.165) is 12.8 Å². The lowest BCUT2D eigenvalue weighted by Crippen LogP contribution is -2.25. The fourth-order valence-electron chi connectivity index (χ4n) is 2.18. The van der Waals surface area contributed by atoms with Crippen molar-refractivity contribution in [1.82, 2.24) is 0 Å². The largest absolute Gasteiger partial charge is 0.481 e. The van der Waals surface area contributed by atoms with Crippen LogP contribution < -0.4 is 5.73 Å². The van der Waals surface area contributed by atoms with Gasteiger partial charge in [0.05, 0.1) is 5.92 Å². The lowest BCUT2D eigenvalue weighted by atomic mass is 9.86. The second-order valence-corrected chi connectivity index (χ2v) is 5.02. The molecule has 2 unspecified atom stereocenters. The van der Waals surface area contributed by atoms with Crippen LogP contribution in [0.1, 0.15) is 44.7 Å². The zero-order valence-corrected chi connectivity index (χ0v) is 13.2. The van der Waals surface area contributed by atoms with Crippen molar-refractivity contribution in [3.05, 3.63) is 35.4 Å². The van der Waals surface area contributed by atoms with Crippen molar-refractivity contribution in [2.45, 2.75) is 47.0 Å². The molecule has 0 bridgehead atoms. The quantitative estimate of drug-likeness (QED) is 0.801. The summed E-state index contributed by atoms with van der Waals surface area (Å²) in [6.45, 7) is 8.50. The third-order valence-electron chi connectivity index (χ3n) is 3.49. The van der Waals surface area contributed by atoms with Gasteiger partial charge in [-0.25, -0.2) is 0 Å². The molecule has 1 aromatic carbocycles. The Morgan fingerprint density at radius 3 is 2.20 bits per heavy atom. The number of hydrogen-bond donors (Lipinski definition) is 2. The van der Waals surface area contributed by atoms with Crippen molar-refractivity contribution in [3.63, 3.8) is 0 Å². The predicted molar refractivity (Wildman–Crippen MR) is 84.8 cm³/mol. The summed E-state index contributed by atoms with van der Waals surface area (Å²) in [6, 6.07) is 8.41. The number of aryl methyl sites for hydroxylation is 2. The Kier molecular flexibility index (Phi) is 9.73. The van der Waals surface area contributed by atoms with Crippen LogP contribution in [0.2, 0.25) is 0 Å². The number of benzene rings is 1. The molecule has 0 radical (unpaired) electrons. The SMILES string of the molecule is CC.Cc1ccc(CCC(C)C(CCN)C(=O)O)cc1. The van der Waals surface area contributed by atoms with E-state index in [1.807, 2.05) is 20.8 Å². The normalized spacial score (nSPS) is 13.1. The van der Waals surface area contributed by atoms with Crippen LogP contribution in [0.3, 0.4) is 0 Å². The van der Waals surface area contributed by atoms with Gasteiger partial charge >= 0.3 is 5.97 Å². The molecule has 114 valence electrons. The van der Waals surface area contributed by atoms with Crippen LogP contribution in [0.25, 0.3) is 0 Å². The molecular formula is C17H29NO2. The number of nitrogens with two attached hydrogens (primary N) is 1. The third-order valence-corrected chi connectivity index (χ3v) is 3.49. The molecule has 0 spiro atoms. The second kappa shape index (κ2) is 10.4. The van der Waals surface area contributed by atoms with Crippen LogP contribution in [0.15, 0.2) is 24.3 Å². The maximum Gasteiger partial charge on any atom is 0.306 e. The molecule has 0 amide bonds. The van der Waals surface area contributed by atoms with E-state index in [0.29, 0.717) is 13.0 Å². The summed E-state index contributed by atoms with van der Waals surface area (Å²) < 4.78 is 0. The highest BCUT2D eigenvalue weighted by Gasteiger charge is 2.23. The highest BCUT2D eigenvalue weighted by atomic mass is 16.4. The average molecular weight is 279 g/mol. The second-order valence-electron chi connectivity index (χ2n) is 5.02. The Labute approximate surface area is 123 Å². The maximum atomic E-state index is 11.1. The van der Waals surface area contributed by atoms with Crippen LogP contribution >= 0.6 is 0 Å². The number of carboxylic acids is 1. The Morgan fingerprint density at radius 2 is 1.75 bits per heavy atom. The molecule has 1 rings (SSSR count). The fourth-order valence-corrected chi connectivity index (χ4v) is 2.18. The van der Waals surface area contributed by atoms with Gasteiger partial charge in [-0.3, -0.25) is 4.79 Å². The molecule has 0 heterocycles. The number of carbonyl (C=O) groups is 1. The molecule has 3 N–H and O–H groups in total. The summed E-state index contributed by atoms with van der Waals surface area (Å²) in [5.41, 5.74) is 7.98. The van der Waals surface area contributed by atoms with Gasteiger partial charge in [0, 0.05) is 0 Å². The Morgan fingerprint density at radius 1 is 1.20 bits per heavy atom. The van der Waals surface area contributed by atoms with Crippen LogP contribution in [0.5, 0.6) is 0 Å². The lowest BCUT2D eigenvalue weighted by Gasteiger charge is -2.19. The zero-order chi connectivity index (χ0) is 15.5. The number of carboxylic acid groups (broad SMARTS) is 1. The van der Waals surface area contributed by atoms with Crippen LogP contribution in [-0.4, -0.2) is 17.6 Å². The van der Waals surface area contributed by atoms with E-state index in [1.165, 1.54) is 11.1 Å². The Bertz CT molecular complexity index is 373. The molecule has 0 saturated heterocycles. The minimum absolute atomic E-state index is 0.160. The molecule has 1 aromatic rings. The summed E-state index contributed by atoms with van der Waals surface area (Å²) in [5.74, 6) is -0.885. The Balaban J connectivity index is 0.00000172. The topological polar surface area (TPSA) is 63.3 Å². The summed E-state index contributed by atoms with van der Waals surface area (Å²) in [4.78, 5) is 11.1. The first-order chi connectivity index (χ1) is 9.54. The molecule has 0 aliphatic heterocycles. The van der Waals surface area contributed by atoms with Crippen molar-refractivity contribution in [2.75, 3.05) is 6.54 Å². The Hall–Kier alpha value is -1.35. The fraction of sp³-hybridized carbons (Fsp3) is 0.588. The molecule has 0 aromatic heterocycles. The zero-order valence-electron chi connectivity index (χ0n) is 13.2. The van der Waals surface area contributed by atoms with E-state index < -0.39 is 5.97 Å². The number of rotatable bonds is 7. The molecule has 0 aliphatic rings. The summed E-state index contributed by atoms with van der Waals surface area (Å²) in [7, 11) is 0. The van der Waals surface area contributed by atoms with Crippen LogP contribution in [-0.2, 0) is 11.2 Å². The van der Waals surface area contributed by atoms with Crippen LogP contribution in [0.4, 0.5) is 0 Å². The van der Waals surface area contributed by atoms with Gasteiger partial charge in [0.15, 0.2) is 0 Å². The number of aliphatic carboxylic acids is 1. The minimum Gasteiger partial charge on any atom is -0.481 e. The van der Waals surface area contributed by atoms with Gasteiger partial charge in [-0.2, -0.15) is 0 Å². The highest BCUT2D eigenvalue weighted by molar-refractivity contribution is 5.70. The van der Waals surface area contributed by atoms with Gasteiger partial charge in [0.2, 0.25) is 0 Å². The van der Waals surface area contributed by atoms with Gasteiger partial charge in [-0.05, 0) is 44.2 Å². The van der Waals surface area contributed by atoms with Crippen molar-refractivity contribution < 1.29 is 9.90 Å². The first-order valence-corrected chi connectivity index (χ1v) is 7.53. The first-order valence-electron chi connectivity index (χ1n) is 7.53. The van der Waals surface area contributed by atoms with Gasteiger partial charge in [0.1, 0.15) is 0 Å². The molecule has 20 heavy (non-hydrogen) atoms. The van der Waals surface area contributed by atoms with Crippen molar-refractivity contribution in [2.24, 2.45) is 17.6 Å². The average Bonchev–Trinajstić information content (AvgIpc) is 2.45. The van der Waals surface area contributed by atoms with Gasteiger partial charge in [0.25, 0.3) is 0 Å². The molecular weight excluding hydrogens is 250 g/mol. The molecule has 0 fully saturated rings. The molecule has 2 atom stereocenters.